The van der Waals surface area contributed by atoms with Crippen LogP contribution in [0.5, 0.6) is 11.5 Å². The highest BCUT2D eigenvalue weighted by molar-refractivity contribution is 5.99. The Morgan fingerprint density at radius 3 is 1.85 bits per heavy atom. The van der Waals surface area contributed by atoms with Crippen LogP contribution >= 0.6 is 0 Å². The van der Waals surface area contributed by atoms with Gasteiger partial charge >= 0.3 is 12.7 Å². The highest BCUT2D eigenvalue weighted by Crippen LogP contribution is 2.67. The number of amides is 2. The molecule has 2 amide bonds. The number of hydrogen-bond donors (Lipinski definition) is 2. The number of ether oxygens (including phenoxy) is 2. The second-order valence-electron chi connectivity index (χ2n) is 7.85. The molecule has 3 aliphatic rings. The van der Waals surface area contributed by atoms with Crippen LogP contribution in [0.3, 0.4) is 0 Å². The minimum Gasteiger partial charge on any atom is -0.404 e. The van der Waals surface area contributed by atoms with Crippen LogP contribution in [0.25, 0.3) is 0 Å². The first kappa shape index (κ1) is 22.6. The summed E-state index contributed by atoms with van der Waals surface area (Å²) in [6.45, 7) is 0. The Labute approximate surface area is 181 Å². The summed E-state index contributed by atoms with van der Waals surface area (Å²) < 4.78 is 80.5. The highest BCUT2D eigenvalue weighted by atomic mass is 19.4. The fourth-order valence-electron chi connectivity index (χ4n) is 4.07. The van der Waals surface area contributed by atoms with E-state index >= 15 is 0 Å². The second-order valence-corrected chi connectivity index (χ2v) is 7.85. The third-order valence-electron chi connectivity index (χ3n) is 5.30. The van der Waals surface area contributed by atoms with Gasteiger partial charge < -0.3 is 20.1 Å². The molecule has 176 valence electrons. The molecule has 2 aromatic rings. The number of anilines is 1. The van der Waals surface area contributed by atoms with Crippen LogP contribution in [0.15, 0.2) is 36.7 Å². The first-order valence-corrected chi connectivity index (χ1v) is 9.34. The van der Waals surface area contributed by atoms with Crippen molar-refractivity contribution in [3.63, 3.8) is 0 Å². The van der Waals surface area contributed by atoms with E-state index in [2.05, 4.69) is 30.1 Å². The van der Waals surface area contributed by atoms with Gasteiger partial charge in [0.1, 0.15) is 23.0 Å². The Morgan fingerprint density at radius 2 is 1.39 bits per heavy atom. The molecule has 3 saturated carbocycles. The number of rotatable bonds is 6. The Bertz CT molecular complexity index is 1050. The monoisotopic (exact) mass is 476 g/mol. The van der Waals surface area contributed by atoms with Crippen LogP contribution in [0.4, 0.5) is 32.2 Å². The van der Waals surface area contributed by atoms with Crippen LogP contribution in [0, 0.1) is 5.41 Å². The van der Waals surface area contributed by atoms with Gasteiger partial charge in [-0.15, -0.1) is 26.3 Å². The van der Waals surface area contributed by atoms with Gasteiger partial charge in [-0.25, -0.2) is 9.97 Å². The molecule has 0 unspecified atom stereocenters. The molecule has 14 heteroatoms. The van der Waals surface area contributed by atoms with Gasteiger partial charge in [-0.3, -0.25) is 9.59 Å². The van der Waals surface area contributed by atoms with E-state index < -0.39 is 41.1 Å². The SMILES string of the molecule is O=C(NC12CC(C(=O)Nc3ccc(OC(F)(F)F)cn3)(C1)C2)c1ccc(OC(F)(F)F)cn1. The van der Waals surface area contributed by atoms with Crippen molar-refractivity contribution < 1.29 is 45.4 Å². The average Bonchev–Trinajstić information content (AvgIpc) is 2.63. The number of halogens is 6. The number of nitrogens with zero attached hydrogens (tertiary/aromatic N) is 2. The summed E-state index contributed by atoms with van der Waals surface area (Å²) in [6, 6.07) is 4.23. The molecule has 0 spiro atoms. The van der Waals surface area contributed by atoms with Crippen LogP contribution in [0.2, 0.25) is 0 Å². The van der Waals surface area contributed by atoms with Crippen molar-refractivity contribution >= 4 is 17.6 Å². The molecule has 0 radical (unpaired) electrons. The minimum atomic E-state index is -4.87. The standard InChI is InChI=1S/C19H14F6N4O4/c20-18(21,22)32-10-1-3-12(26-5-10)14(30)29-17-7-16(8-17,9-17)15(31)28-13-4-2-11(6-27-13)33-19(23,24)25/h1-6H,7-9H2,(H,29,30)(H,27,28,31). The average molecular weight is 476 g/mol. The zero-order chi connectivity index (χ0) is 24.1. The summed E-state index contributed by atoms with van der Waals surface area (Å²) in [7, 11) is 0. The fraction of sp³-hybridized carbons (Fsp3) is 0.368. The van der Waals surface area contributed by atoms with Gasteiger partial charge in [0.25, 0.3) is 5.91 Å². The molecule has 0 saturated heterocycles. The smallest absolute Gasteiger partial charge is 0.404 e. The molecule has 0 aromatic carbocycles. The summed E-state index contributed by atoms with van der Waals surface area (Å²) in [4.78, 5) is 32.2. The molecule has 2 bridgehead atoms. The predicted molar refractivity (Wildman–Crippen MR) is 97.0 cm³/mol. The number of hydrogen-bond acceptors (Lipinski definition) is 6. The summed E-state index contributed by atoms with van der Waals surface area (Å²) in [5.74, 6) is -2.04. The van der Waals surface area contributed by atoms with Gasteiger partial charge in [0, 0.05) is 5.54 Å². The van der Waals surface area contributed by atoms with Crippen molar-refractivity contribution in [2.24, 2.45) is 5.41 Å². The van der Waals surface area contributed by atoms with Crippen molar-refractivity contribution in [2.45, 2.75) is 37.5 Å². The summed E-state index contributed by atoms with van der Waals surface area (Å²) in [5.41, 5.74) is -1.48. The van der Waals surface area contributed by atoms with E-state index in [0.717, 1.165) is 30.6 Å². The normalized spacial score (nSPS) is 23.6. The number of pyridine rings is 2. The molecule has 33 heavy (non-hydrogen) atoms. The predicted octanol–water partition coefficient (Wildman–Crippen LogP) is 3.57. The molecule has 0 atom stereocenters. The number of alkyl halides is 6. The van der Waals surface area contributed by atoms with E-state index in [1.165, 1.54) is 6.07 Å². The van der Waals surface area contributed by atoms with Gasteiger partial charge in [0.15, 0.2) is 0 Å². The Balaban J connectivity index is 1.28. The molecule has 3 fully saturated rings. The van der Waals surface area contributed by atoms with Gasteiger partial charge in [-0.05, 0) is 43.5 Å². The first-order chi connectivity index (χ1) is 15.3. The van der Waals surface area contributed by atoms with E-state index in [-0.39, 0.29) is 17.4 Å². The molecule has 2 aromatic heterocycles. The largest absolute Gasteiger partial charge is 0.573 e. The molecule has 0 aliphatic heterocycles. The molecule has 2 heterocycles. The Hall–Kier alpha value is -3.58. The van der Waals surface area contributed by atoms with Crippen molar-refractivity contribution in [2.75, 3.05) is 5.32 Å². The molecular formula is C19H14F6N4O4. The maximum atomic E-state index is 12.5. The lowest BCUT2D eigenvalue weighted by Gasteiger charge is -2.69. The fourth-order valence-corrected chi connectivity index (χ4v) is 4.07. The summed E-state index contributed by atoms with van der Waals surface area (Å²) in [5, 5.41) is 5.25. The van der Waals surface area contributed by atoms with E-state index in [1.54, 1.807) is 0 Å². The van der Waals surface area contributed by atoms with Crippen LogP contribution < -0.4 is 20.1 Å². The molecule has 2 N–H and O–H groups in total. The van der Waals surface area contributed by atoms with E-state index in [1.807, 2.05) is 0 Å². The highest BCUT2D eigenvalue weighted by Gasteiger charge is 2.72. The zero-order valence-electron chi connectivity index (χ0n) is 16.4. The topological polar surface area (TPSA) is 102 Å². The van der Waals surface area contributed by atoms with Crippen molar-refractivity contribution in [3.05, 3.63) is 42.4 Å². The lowest BCUT2D eigenvalue weighted by molar-refractivity contribution is -0.275. The molecule has 3 aliphatic carbocycles. The summed E-state index contributed by atoms with van der Waals surface area (Å²) >= 11 is 0. The lowest BCUT2D eigenvalue weighted by Crippen LogP contribution is -2.77. The summed E-state index contributed by atoms with van der Waals surface area (Å²) in [6.07, 6.45) is -7.17. The maximum absolute atomic E-state index is 12.5. The van der Waals surface area contributed by atoms with Crippen molar-refractivity contribution in [1.82, 2.24) is 15.3 Å². The van der Waals surface area contributed by atoms with Crippen LogP contribution in [-0.2, 0) is 4.79 Å². The lowest BCUT2D eigenvalue weighted by atomic mass is 9.39. The number of carbonyl (C=O) groups is 2. The van der Waals surface area contributed by atoms with Gasteiger partial charge in [0.05, 0.1) is 17.8 Å². The van der Waals surface area contributed by atoms with Gasteiger partial charge in [-0.1, -0.05) is 0 Å². The molecular weight excluding hydrogens is 462 g/mol. The van der Waals surface area contributed by atoms with Crippen LogP contribution in [-0.4, -0.2) is 40.0 Å². The van der Waals surface area contributed by atoms with E-state index in [9.17, 15) is 35.9 Å². The first-order valence-electron chi connectivity index (χ1n) is 9.34. The second kappa shape index (κ2) is 7.49. The third kappa shape index (κ3) is 4.93. The number of carbonyl (C=O) groups excluding carboxylic acids is 2. The number of nitrogens with one attached hydrogen (secondary N) is 2. The number of aromatic nitrogens is 2. The molecule has 8 nitrogen and oxygen atoms in total. The minimum absolute atomic E-state index is 0.0442. The van der Waals surface area contributed by atoms with Crippen molar-refractivity contribution in [3.8, 4) is 11.5 Å². The van der Waals surface area contributed by atoms with E-state index in [4.69, 9.17) is 0 Å². The molecule has 5 rings (SSSR count). The van der Waals surface area contributed by atoms with Gasteiger partial charge in [0.2, 0.25) is 5.91 Å². The van der Waals surface area contributed by atoms with Crippen molar-refractivity contribution in [1.29, 1.82) is 0 Å². The zero-order valence-corrected chi connectivity index (χ0v) is 16.4. The maximum Gasteiger partial charge on any atom is 0.573 e. The Kier molecular flexibility index (Phi) is 5.13. The third-order valence-corrected chi connectivity index (χ3v) is 5.30. The Morgan fingerprint density at radius 1 is 0.848 bits per heavy atom. The van der Waals surface area contributed by atoms with Gasteiger partial charge in [-0.2, -0.15) is 0 Å². The van der Waals surface area contributed by atoms with Crippen LogP contribution in [0.1, 0.15) is 29.8 Å². The quantitative estimate of drug-likeness (QED) is 0.619. The van der Waals surface area contributed by atoms with E-state index in [0.29, 0.717) is 19.3 Å².